The highest BCUT2D eigenvalue weighted by Gasteiger charge is 2.19. The van der Waals surface area contributed by atoms with Gasteiger partial charge in [0.2, 0.25) is 0 Å². The van der Waals surface area contributed by atoms with E-state index < -0.39 is 0 Å². The van der Waals surface area contributed by atoms with Crippen LogP contribution in [0.1, 0.15) is 33.6 Å². The summed E-state index contributed by atoms with van der Waals surface area (Å²) in [7, 11) is 0. The maximum atomic E-state index is 5.14. The van der Waals surface area contributed by atoms with Crippen LogP contribution in [0.3, 0.4) is 0 Å². The van der Waals surface area contributed by atoms with Gasteiger partial charge in [-0.25, -0.2) is 0 Å². The van der Waals surface area contributed by atoms with Gasteiger partial charge < -0.3 is 15.0 Å². The maximum Gasteiger partial charge on any atom is 0.0643 e. The van der Waals surface area contributed by atoms with Crippen LogP contribution in [-0.4, -0.2) is 49.8 Å². The van der Waals surface area contributed by atoms with Crippen LogP contribution in [0.5, 0.6) is 0 Å². The molecule has 3 heteroatoms. The average molecular weight is 214 g/mol. The van der Waals surface area contributed by atoms with Gasteiger partial charge in [0.25, 0.3) is 0 Å². The first-order chi connectivity index (χ1) is 7.26. The second kappa shape index (κ2) is 7.20. The Balaban J connectivity index is 1.97. The van der Waals surface area contributed by atoms with Crippen molar-refractivity contribution in [2.24, 2.45) is 0 Å². The molecule has 1 heterocycles. The minimum Gasteiger partial charge on any atom is -0.378 e. The van der Waals surface area contributed by atoms with Crippen LogP contribution in [0.4, 0.5) is 0 Å². The van der Waals surface area contributed by atoms with Gasteiger partial charge in [-0.2, -0.15) is 0 Å². The van der Waals surface area contributed by atoms with E-state index in [9.17, 15) is 0 Å². The summed E-state index contributed by atoms with van der Waals surface area (Å²) < 4.78 is 5.14. The SMILES string of the molecule is CCN(CC)CCCC(C)NC1COC1. The van der Waals surface area contributed by atoms with Gasteiger partial charge in [-0.05, 0) is 39.4 Å². The number of rotatable bonds is 8. The molecule has 0 aliphatic carbocycles. The van der Waals surface area contributed by atoms with Gasteiger partial charge in [-0.15, -0.1) is 0 Å². The normalized spacial score (nSPS) is 19.2. The molecule has 0 saturated carbocycles. The molecule has 1 atom stereocenters. The fourth-order valence-electron chi connectivity index (χ4n) is 1.98. The van der Waals surface area contributed by atoms with Crippen LogP contribution in [0, 0.1) is 0 Å². The fraction of sp³-hybridized carbons (Fsp3) is 1.00. The number of ether oxygens (including phenoxy) is 1. The molecule has 1 saturated heterocycles. The predicted octanol–water partition coefficient (Wildman–Crippen LogP) is 1.49. The largest absolute Gasteiger partial charge is 0.378 e. The highest BCUT2D eigenvalue weighted by molar-refractivity contribution is 4.76. The first-order valence-corrected chi connectivity index (χ1v) is 6.32. The van der Waals surface area contributed by atoms with E-state index >= 15 is 0 Å². The van der Waals surface area contributed by atoms with Crippen molar-refractivity contribution in [1.82, 2.24) is 10.2 Å². The van der Waals surface area contributed by atoms with Crippen molar-refractivity contribution in [2.75, 3.05) is 32.8 Å². The van der Waals surface area contributed by atoms with Crippen LogP contribution in [0.15, 0.2) is 0 Å². The van der Waals surface area contributed by atoms with Crippen molar-refractivity contribution in [3.05, 3.63) is 0 Å². The highest BCUT2D eigenvalue weighted by Crippen LogP contribution is 2.05. The monoisotopic (exact) mass is 214 g/mol. The lowest BCUT2D eigenvalue weighted by Crippen LogP contribution is -2.49. The van der Waals surface area contributed by atoms with E-state index in [1.54, 1.807) is 0 Å². The van der Waals surface area contributed by atoms with Gasteiger partial charge in [0.15, 0.2) is 0 Å². The van der Waals surface area contributed by atoms with E-state index in [-0.39, 0.29) is 0 Å². The van der Waals surface area contributed by atoms with Gasteiger partial charge in [-0.1, -0.05) is 13.8 Å². The Bertz CT molecular complexity index is 156. The lowest BCUT2D eigenvalue weighted by atomic mass is 10.1. The summed E-state index contributed by atoms with van der Waals surface area (Å²) >= 11 is 0. The third-order valence-corrected chi connectivity index (χ3v) is 3.16. The zero-order chi connectivity index (χ0) is 11.1. The minimum absolute atomic E-state index is 0.619. The third-order valence-electron chi connectivity index (χ3n) is 3.16. The molecule has 0 amide bonds. The summed E-state index contributed by atoms with van der Waals surface area (Å²) in [5.74, 6) is 0. The zero-order valence-electron chi connectivity index (χ0n) is 10.5. The Morgan fingerprint density at radius 1 is 1.33 bits per heavy atom. The molecule has 0 aromatic carbocycles. The van der Waals surface area contributed by atoms with Gasteiger partial charge in [0, 0.05) is 6.04 Å². The Morgan fingerprint density at radius 2 is 2.00 bits per heavy atom. The molecule has 0 bridgehead atoms. The van der Waals surface area contributed by atoms with E-state index in [0.29, 0.717) is 12.1 Å². The highest BCUT2D eigenvalue weighted by atomic mass is 16.5. The molecule has 1 rings (SSSR count). The van der Waals surface area contributed by atoms with E-state index in [4.69, 9.17) is 4.74 Å². The van der Waals surface area contributed by atoms with Crippen molar-refractivity contribution in [2.45, 2.75) is 45.7 Å². The molecular formula is C12H26N2O. The van der Waals surface area contributed by atoms with E-state index in [1.165, 1.54) is 32.5 Å². The van der Waals surface area contributed by atoms with Crippen molar-refractivity contribution in [1.29, 1.82) is 0 Å². The van der Waals surface area contributed by atoms with E-state index in [2.05, 4.69) is 31.0 Å². The summed E-state index contributed by atoms with van der Waals surface area (Å²) in [6, 6.07) is 1.25. The Labute approximate surface area is 94.2 Å². The standard InChI is InChI=1S/C12H26N2O/c1-4-14(5-2)8-6-7-11(3)13-12-9-15-10-12/h11-13H,4-10H2,1-3H3. The summed E-state index contributed by atoms with van der Waals surface area (Å²) in [6.45, 7) is 12.1. The van der Waals surface area contributed by atoms with Crippen LogP contribution in [-0.2, 0) is 4.74 Å². The fourth-order valence-corrected chi connectivity index (χ4v) is 1.98. The smallest absolute Gasteiger partial charge is 0.0643 e. The Morgan fingerprint density at radius 3 is 2.47 bits per heavy atom. The molecule has 1 N–H and O–H groups in total. The molecule has 1 fully saturated rings. The second-order valence-electron chi connectivity index (χ2n) is 4.47. The molecule has 1 unspecified atom stereocenters. The average Bonchev–Trinajstić information content (AvgIpc) is 2.18. The van der Waals surface area contributed by atoms with E-state index in [1.807, 2.05) is 0 Å². The first-order valence-electron chi connectivity index (χ1n) is 6.32. The van der Waals surface area contributed by atoms with Crippen molar-refractivity contribution in [3.8, 4) is 0 Å². The molecule has 90 valence electrons. The number of nitrogens with one attached hydrogen (secondary N) is 1. The second-order valence-corrected chi connectivity index (χ2v) is 4.47. The molecule has 3 nitrogen and oxygen atoms in total. The molecule has 0 aromatic heterocycles. The molecule has 1 aliphatic heterocycles. The number of nitrogens with zero attached hydrogens (tertiary/aromatic N) is 1. The van der Waals surface area contributed by atoms with Crippen molar-refractivity contribution in [3.63, 3.8) is 0 Å². The van der Waals surface area contributed by atoms with Gasteiger partial charge >= 0.3 is 0 Å². The van der Waals surface area contributed by atoms with Crippen molar-refractivity contribution >= 4 is 0 Å². The van der Waals surface area contributed by atoms with Crippen molar-refractivity contribution < 1.29 is 4.74 Å². The van der Waals surface area contributed by atoms with Crippen LogP contribution < -0.4 is 5.32 Å². The molecule has 0 aromatic rings. The molecule has 0 spiro atoms. The summed E-state index contributed by atoms with van der Waals surface area (Å²) in [4.78, 5) is 2.49. The molecule has 0 radical (unpaired) electrons. The zero-order valence-corrected chi connectivity index (χ0v) is 10.5. The van der Waals surface area contributed by atoms with Gasteiger partial charge in [0.05, 0.1) is 19.3 Å². The third kappa shape index (κ3) is 4.96. The number of hydrogen-bond acceptors (Lipinski definition) is 3. The lowest BCUT2D eigenvalue weighted by molar-refractivity contribution is -0.00964. The minimum atomic E-state index is 0.619. The maximum absolute atomic E-state index is 5.14. The van der Waals surface area contributed by atoms with Crippen LogP contribution >= 0.6 is 0 Å². The molecule has 15 heavy (non-hydrogen) atoms. The Hall–Kier alpha value is -0.120. The van der Waals surface area contributed by atoms with Gasteiger partial charge in [-0.3, -0.25) is 0 Å². The molecule has 1 aliphatic rings. The lowest BCUT2D eigenvalue weighted by Gasteiger charge is -2.30. The Kier molecular flexibility index (Phi) is 6.22. The van der Waals surface area contributed by atoms with E-state index in [0.717, 1.165) is 13.2 Å². The van der Waals surface area contributed by atoms with Crippen LogP contribution in [0.2, 0.25) is 0 Å². The van der Waals surface area contributed by atoms with Crippen LogP contribution in [0.25, 0.3) is 0 Å². The molecular weight excluding hydrogens is 188 g/mol. The topological polar surface area (TPSA) is 24.5 Å². The predicted molar refractivity (Wildman–Crippen MR) is 64.2 cm³/mol. The summed E-state index contributed by atoms with van der Waals surface area (Å²) in [5, 5.41) is 3.58. The summed E-state index contributed by atoms with van der Waals surface area (Å²) in [5.41, 5.74) is 0. The number of hydrogen-bond donors (Lipinski definition) is 1. The quantitative estimate of drug-likeness (QED) is 0.662. The summed E-state index contributed by atoms with van der Waals surface area (Å²) in [6.07, 6.45) is 2.57. The van der Waals surface area contributed by atoms with Gasteiger partial charge in [0.1, 0.15) is 0 Å². The first kappa shape index (κ1) is 12.9.